The minimum Gasteiger partial charge on any atom is -0.326 e. The molecule has 2 amide bonds. The van der Waals surface area contributed by atoms with E-state index in [-0.39, 0.29) is 11.8 Å². The zero-order chi connectivity index (χ0) is 18.2. The molecule has 5 heteroatoms. The number of halogens is 1. The van der Waals surface area contributed by atoms with E-state index in [9.17, 15) is 9.59 Å². The van der Waals surface area contributed by atoms with Gasteiger partial charge in [0, 0.05) is 27.8 Å². The van der Waals surface area contributed by atoms with Gasteiger partial charge in [-0.25, -0.2) is 0 Å². The second-order valence-corrected chi connectivity index (χ2v) is 6.86. The van der Waals surface area contributed by atoms with Gasteiger partial charge in [-0.3, -0.25) is 9.59 Å². The van der Waals surface area contributed by atoms with Crippen molar-refractivity contribution in [1.29, 1.82) is 0 Å². The summed E-state index contributed by atoms with van der Waals surface area (Å²) in [6.45, 7) is 4.08. The van der Waals surface area contributed by atoms with Gasteiger partial charge in [0.05, 0.1) is 0 Å². The van der Waals surface area contributed by atoms with Crippen molar-refractivity contribution in [2.24, 2.45) is 0 Å². The number of rotatable bonds is 7. The van der Waals surface area contributed by atoms with E-state index < -0.39 is 0 Å². The molecule has 132 valence electrons. The van der Waals surface area contributed by atoms with Crippen molar-refractivity contribution in [1.82, 2.24) is 0 Å². The van der Waals surface area contributed by atoms with Crippen molar-refractivity contribution < 1.29 is 9.59 Å². The maximum Gasteiger partial charge on any atom is 0.255 e. The van der Waals surface area contributed by atoms with Gasteiger partial charge in [0.2, 0.25) is 5.91 Å². The molecular formula is C20H23BrN2O2. The first kappa shape index (κ1) is 19.2. The van der Waals surface area contributed by atoms with Gasteiger partial charge in [-0.2, -0.15) is 0 Å². The van der Waals surface area contributed by atoms with E-state index in [1.807, 2.05) is 25.1 Å². The topological polar surface area (TPSA) is 58.2 Å². The monoisotopic (exact) mass is 402 g/mol. The molecule has 0 heterocycles. The molecule has 0 aliphatic carbocycles. The number of aryl methyl sites for hydroxylation is 1. The number of nitrogens with one attached hydrogen (secondary N) is 2. The largest absolute Gasteiger partial charge is 0.326 e. The van der Waals surface area contributed by atoms with Crippen LogP contribution in [0.2, 0.25) is 0 Å². The van der Waals surface area contributed by atoms with Crippen LogP contribution in [0.5, 0.6) is 0 Å². The van der Waals surface area contributed by atoms with E-state index in [4.69, 9.17) is 0 Å². The van der Waals surface area contributed by atoms with Crippen molar-refractivity contribution >= 4 is 39.1 Å². The highest BCUT2D eigenvalue weighted by atomic mass is 79.9. The van der Waals surface area contributed by atoms with Crippen LogP contribution < -0.4 is 10.6 Å². The standard InChI is InChI=1S/C20H23BrN2O2/c1-3-4-5-9-19(24)22-16-7-6-8-17(13-16)23-20(25)15-11-10-14(2)18(21)12-15/h6-8,10-13H,3-5,9H2,1-2H3,(H,22,24)(H,23,25). The van der Waals surface area contributed by atoms with Gasteiger partial charge in [0.25, 0.3) is 5.91 Å². The van der Waals surface area contributed by atoms with Crippen LogP contribution >= 0.6 is 15.9 Å². The maximum atomic E-state index is 12.4. The summed E-state index contributed by atoms with van der Waals surface area (Å²) in [4.78, 5) is 24.3. The number of unbranched alkanes of at least 4 members (excludes halogenated alkanes) is 2. The Bertz CT molecular complexity index is 759. The summed E-state index contributed by atoms with van der Waals surface area (Å²) < 4.78 is 0.897. The van der Waals surface area contributed by atoms with Crippen LogP contribution in [-0.4, -0.2) is 11.8 Å². The van der Waals surface area contributed by atoms with Gasteiger partial charge in [0.1, 0.15) is 0 Å². The normalized spacial score (nSPS) is 10.4. The van der Waals surface area contributed by atoms with Crippen LogP contribution in [0, 0.1) is 6.92 Å². The van der Waals surface area contributed by atoms with Crippen molar-refractivity contribution in [2.45, 2.75) is 39.5 Å². The lowest BCUT2D eigenvalue weighted by Gasteiger charge is -2.09. The Kier molecular flexibility index (Phi) is 7.19. The number of hydrogen-bond donors (Lipinski definition) is 2. The van der Waals surface area contributed by atoms with Crippen LogP contribution in [0.1, 0.15) is 48.5 Å². The zero-order valence-electron chi connectivity index (χ0n) is 14.6. The van der Waals surface area contributed by atoms with Crippen LogP contribution in [0.15, 0.2) is 46.9 Å². The number of carbonyl (C=O) groups is 2. The Labute approximate surface area is 157 Å². The van der Waals surface area contributed by atoms with Gasteiger partial charge in [-0.05, 0) is 49.2 Å². The average molecular weight is 403 g/mol. The average Bonchev–Trinajstić information content (AvgIpc) is 2.58. The molecule has 2 aromatic carbocycles. The summed E-state index contributed by atoms with van der Waals surface area (Å²) in [6, 6.07) is 12.7. The zero-order valence-corrected chi connectivity index (χ0v) is 16.2. The molecule has 2 rings (SSSR count). The Balaban J connectivity index is 1.99. The molecule has 0 spiro atoms. The molecule has 0 fully saturated rings. The lowest BCUT2D eigenvalue weighted by molar-refractivity contribution is -0.116. The third-order valence-electron chi connectivity index (χ3n) is 3.85. The molecule has 0 bridgehead atoms. The van der Waals surface area contributed by atoms with E-state index in [1.165, 1.54) is 0 Å². The molecule has 0 aliphatic heterocycles. The molecule has 2 N–H and O–H groups in total. The first-order valence-corrected chi connectivity index (χ1v) is 9.26. The SMILES string of the molecule is CCCCCC(=O)Nc1cccc(NC(=O)c2ccc(C)c(Br)c2)c1. The molecule has 0 aliphatic rings. The second-order valence-electron chi connectivity index (χ2n) is 6.00. The molecule has 0 saturated heterocycles. The lowest BCUT2D eigenvalue weighted by atomic mass is 10.1. The van der Waals surface area contributed by atoms with E-state index in [1.54, 1.807) is 24.3 Å². The van der Waals surface area contributed by atoms with Crippen molar-refractivity contribution in [3.8, 4) is 0 Å². The van der Waals surface area contributed by atoms with Crippen molar-refractivity contribution in [3.05, 3.63) is 58.1 Å². The van der Waals surface area contributed by atoms with Gasteiger partial charge in [-0.15, -0.1) is 0 Å². The first-order valence-electron chi connectivity index (χ1n) is 8.47. The maximum absolute atomic E-state index is 12.4. The van der Waals surface area contributed by atoms with Gasteiger partial charge < -0.3 is 10.6 Å². The van der Waals surface area contributed by atoms with Crippen molar-refractivity contribution in [2.75, 3.05) is 10.6 Å². The highest BCUT2D eigenvalue weighted by Gasteiger charge is 2.09. The first-order chi connectivity index (χ1) is 12.0. The fourth-order valence-corrected chi connectivity index (χ4v) is 2.75. The van der Waals surface area contributed by atoms with Crippen LogP contribution in [0.4, 0.5) is 11.4 Å². The Morgan fingerprint density at radius 2 is 1.72 bits per heavy atom. The fourth-order valence-electron chi connectivity index (χ4n) is 2.37. The fraction of sp³-hybridized carbons (Fsp3) is 0.300. The highest BCUT2D eigenvalue weighted by molar-refractivity contribution is 9.10. The van der Waals surface area contributed by atoms with E-state index >= 15 is 0 Å². The summed E-state index contributed by atoms with van der Waals surface area (Å²) >= 11 is 3.44. The molecule has 2 aromatic rings. The summed E-state index contributed by atoms with van der Waals surface area (Å²) in [5.74, 6) is -0.188. The van der Waals surface area contributed by atoms with Gasteiger partial charge in [0.15, 0.2) is 0 Å². The summed E-state index contributed by atoms with van der Waals surface area (Å²) in [5.41, 5.74) is 2.98. The second kappa shape index (κ2) is 9.37. The number of amides is 2. The van der Waals surface area contributed by atoms with Crippen LogP contribution in [0.25, 0.3) is 0 Å². The van der Waals surface area contributed by atoms with Crippen LogP contribution in [-0.2, 0) is 4.79 Å². The Hall–Kier alpha value is -2.14. The number of hydrogen-bond acceptors (Lipinski definition) is 2. The van der Waals surface area contributed by atoms with E-state index in [2.05, 4.69) is 33.5 Å². The van der Waals surface area contributed by atoms with Gasteiger partial charge >= 0.3 is 0 Å². The Morgan fingerprint density at radius 3 is 2.40 bits per heavy atom. The molecule has 0 aromatic heterocycles. The van der Waals surface area contributed by atoms with E-state index in [0.29, 0.717) is 23.4 Å². The summed E-state index contributed by atoms with van der Waals surface area (Å²) in [5, 5.41) is 5.73. The molecule has 0 saturated carbocycles. The van der Waals surface area contributed by atoms with Crippen LogP contribution in [0.3, 0.4) is 0 Å². The molecule has 0 radical (unpaired) electrons. The number of anilines is 2. The molecule has 0 atom stereocenters. The molecular weight excluding hydrogens is 380 g/mol. The Morgan fingerprint density at radius 1 is 1.00 bits per heavy atom. The third kappa shape index (κ3) is 6.02. The number of carbonyl (C=O) groups excluding carboxylic acids is 2. The minimum atomic E-state index is -0.188. The van der Waals surface area contributed by atoms with E-state index in [0.717, 1.165) is 29.3 Å². The third-order valence-corrected chi connectivity index (χ3v) is 4.70. The number of benzene rings is 2. The van der Waals surface area contributed by atoms with Gasteiger partial charge in [-0.1, -0.05) is 47.8 Å². The minimum absolute atomic E-state index is 0.000563. The quantitative estimate of drug-likeness (QED) is 0.598. The molecule has 4 nitrogen and oxygen atoms in total. The lowest BCUT2D eigenvalue weighted by Crippen LogP contribution is -2.13. The summed E-state index contributed by atoms with van der Waals surface area (Å²) in [7, 11) is 0. The smallest absolute Gasteiger partial charge is 0.255 e. The predicted molar refractivity (Wildman–Crippen MR) is 106 cm³/mol. The molecule has 25 heavy (non-hydrogen) atoms. The summed E-state index contributed by atoms with van der Waals surface area (Å²) in [6.07, 6.45) is 3.54. The highest BCUT2D eigenvalue weighted by Crippen LogP contribution is 2.20. The predicted octanol–water partition coefficient (Wildman–Crippen LogP) is 5.53. The van der Waals surface area contributed by atoms with Crippen molar-refractivity contribution in [3.63, 3.8) is 0 Å². The molecule has 0 unspecified atom stereocenters.